The summed E-state index contributed by atoms with van der Waals surface area (Å²) in [7, 11) is 0. The van der Waals surface area contributed by atoms with Gasteiger partial charge in [0.15, 0.2) is 0 Å². The lowest BCUT2D eigenvalue weighted by atomic mass is 9.77. The van der Waals surface area contributed by atoms with Gasteiger partial charge in [0, 0.05) is 17.8 Å². The molecule has 3 aliphatic heterocycles. The Morgan fingerprint density at radius 3 is 2.58 bits per heavy atom. The lowest BCUT2D eigenvalue weighted by Crippen LogP contribution is -2.57. The molecule has 0 aliphatic carbocycles. The quantitative estimate of drug-likeness (QED) is 0.722. The van der Waals surface area contributed by atoms with Crippen LogP contribution in [0.25, 0.3) is 0 Å². The number of fused-ring (bicyclic) bond motifs is 3. The standard InChI is InChI=1S/C16H22N2O/c19-16(9-12-6-7-13(10-16)17-12)15-8-5-11-3-1-2-4-14(11)18-15/h1-4,12-13,15,17-19H,5-10H2. The summed E-state index contributed by atoms with van der Waals surface area (Å²) < 4.78 is 0. The zero-order chi connectivity index (χ0) is 12.9. The van der Waals surface area contributed by atoms with Crippen molar-refractivity contribution in [3.8, 4) is 0 Å². The van der Waals surface area contributed by atoms with Gasteiger partial charge in [-0.3, -0.25) is 0 Å². The maximum atomic E-state index is 11.1. The molecular weight excluding hydrogens is 236 g/mol. The van der Waals surface area contributed by atoms with Gasteiger partial charge in [-0.25, -0.2) is 0 Å². The summed E-state index contributed by atoms with van der Waals surface area (Å²) in [5, 5.41) is 18.3. The molecule has 1 aromatic rings. The summed E-state index contributed by atoms with van der Waals surface area (Å²) in [5.41, 5.74) is 2.09. The van der Waals surface area contributed by atoms with E-state index in [1.165, 1.54) is 24.1 Å². The van der Waals surface area contributed by atoms with Crippen molar-refractivity contribution in [1.29, 1.82) is 0 Å². The molecule has 0 spiro atoms. The van der Waals surface area contributed by atoms with E-state index in [9.17, 15) is 5.11 Å². The van der Waals surface area contributed by atoms with E-state index in [0.717, 1.165) is 25.7 Å². The fraction of sp³-hybridized carbons (Fsp3) is 0.625. The first-order valence-corrected chi connectivity index (χ1v) is 7.56. The van der Waals surface area contributed by atoms with Crippen LogP contribution in [0.1, 0.15) is 37.7 Å². The highest BCUT2D eigenvalue weighted by molar-refractivity contribution is 5.54. The van der Waals surface area contributed by atoms with E-state index in [1.54, 1.807) is 0 Å². The predicted octanol–water partition coefficient (Wildman–Crippen LogP) is 2.06. The highest BCUT2D eigenvalue weighted by atomic mass is 16.3. The Morgan fingerprint density at radius 1 is 1.05 bits per heavy atom. The molecule has 2 bridgehead atoms. The number of aliphatic hydroxyl groups is 1. The molecule has 19 heavy (non-hydrogen) atoms. The van der Waals surface area contributed by atoms with Gasteiger partial charge in [0.2, 0.25) is 0 Å². The Labute approximate surface area is 114 Å². The molecule has 2 fully saturated rings. The minimum absolute atomic E-state index is 0.215. The molecule has 0 aromatic heterocycles. The fourth-order valence-corrected chi connectivity index (χ4v) is 4.29. The molecule has 3 heterocycles. The first kappa shape index (κ1) is 11.7. The molecule has 4 rings (SSSR count). The predicted molar refractivity (Wildman–Crippen MR) is 76.3 cm³/mol. The van der Waals surface area contributed by atoms with Crippen LogP contribution in [-0.2, 0) is 6.42 Å². The third-order valence-corrected chi connectivity index (χ3v) is 5.23. The van der Waals surface area contributed by atoms with Crippen molar-refractivity contribution >= 4 is 5.69 Å². The van der Waals surface area contributed by atoms with Crippen LogP contribution in [0.15, 0.2) is 24.3 Å². The second kappa shape index (κ2) is 4.22. The number of hydrogen-bond acceptors (Lipinski definition) is 3. The first-order chi connectivity index (χ1) is 9.23. The number of benzene rings is 1. The Balaban J connectivity index is 1.57. The normalized spacial score (nSPS) is 40.6. The molecule has 1 aromatic carbocycles. The minimum Gasteiger partial charge on any atom is -0.388 e. The molecule has 3 nitrogen and oxygen atoms in total. The van der Waals surface area contributed by atoms with Crippen molar-refractivity contribution in [2.45, 2.75) is 62.3 Å². The van der Waals surface area contributed by atoms with E-state index < -0.39 is 5.60 Å². The van der Waals surface area contributed by atoms with Gasteiger partial charge in [0.1, 0.15) is 0 Å². The van der Waals surface area contributed by atoms with Crippen LogP contribution in [0.4, 0.5) is 5.69 Å². The third kappa shape index (κ3) is 1.96. The average Bonchev–Trinajstić information content (AvgIpc) is 2.78. The highest BCUT2D eigenvalue weighted by Gasteiger charge is 2.47. The number of piperidine rings is 1. The molecule has 3 atom stereocenters. The molecule has 3 unspecified atom stereocenters. The molecule has 3 aliphatic rings. The largest absolute Gasteiger partial charge is 0.388 e. The van der Waals surface area contributed by atoms with E-state index in [2.05, 4.69) is 34.9 Å². The van der Waals surface area contributed by atoms with Crippen molar-refractivity contribution in [3.63, 3.8) is 0 Å². The Hall–Kier alpha value is -1.06. The van der Waals surface area contributed by atoms with Gasteiger partial charge in [0.05, 0.1) is 11.6 Å². The summed E-state index contributed by atoms with van der Waals surface area (Å²) in [6.07, 6.45) is 6.41. The van der Waals surface area contributed by atoms with Crippen LogP contribution in [-0.4, -0.2) is 28.8 Å². The summed E-state index contributed by atoms with van der Waals surface area (Å²) in [6, 6.07) is 9.78. The Bertz CT molecular complexity index is 475. The van der Waals surface area contributed by atoms with E-state index in [1.807, 2.05) is 0 Å². The van der Waals surface area contributed by atoms with E-state index in [4.69, 9.17) is 0 Å². The third-order valence-electron chi connectivity index (χ3n) is 5.23. The Kier molecular flexibility index (Phi) is 2.61. The van der Waals surface area contributed by atoms with E-state index in [-0.39, 0.29) is 6.04 Å². The second-order valence-electron chi connectivity index (χ2n) is 6.54. The second-order valence-corrected chi connectivity index (χ2v) is 6.54. The van der Waals surface area contributed by atoms with E-state index in [0.29, 0.717) is 12.1 Å². The lowest BCUT2D eigenvalue weighted by Gasteiger charge is -2.45. The number of aryl methyl sites for hydroxylation is 1. The number of para-hydroxylation sites is 1. The van der Waals surface area contributed by atoms with E-state index >= 15 is 0 Å². The minimum atomic E-state index is -0.523. The molecule has 3 N–H and O–H groups in total. The van der Waals surface area contributed by atoms with Crippen LogP contribution in [0.3, 0.4) is 0 Å². The van der Waals surface area contributed by atoms with Gasteiger partial charge in [0.25, 0.3) is 0 Å². The Morgan fingerprint density at radius 2 is 1.79 bits per heavy atom. The monoisotopic (exact) mass is 258 g/mol. The van der Waals surface area contributed by atoms with Crippen molar-refractivity contribution in [1.82, 2.24) is 5.32 Å². The maximum absolute atomic E-state index is 11.1. The number of hydrogen-bond donors (Lipinski definition) is 3. The molecule has 0 radical (unpaired) electrons. The number of anilines is 1. The zero-order valence-corrected chi connectivity index (χ0v) is 11.2. The van der Waals surface area contributed by atoms with Gasteiger partial charge in [-0.05, 0) is 50.2 Å². The molecule has 0 amide bonds. The van der Waals surface area contributed by atoms with Crippen LogP contribution >= 0.6 is 0 Å². The summed E-state index contributed by atoms with van der Waals surface area (Å²) in [6.45, 7) is 0. The summed E-state index contributed by atoms with van der Waals surface area (Å²) in [5.74, 6) is 0. The van der Waals surface area contributed by atoms with Crippen LogP contribution in [0.2, 0.25) is 0 Å². The van der Waals surface area contributed by atoms with Gasteiger partial charge in [-0.2, -0.15) is 0 Å². The lowest BCUT2D eigenvalue weighted by molar-refractivity contribution is -0.0257. The number of rotatable bonds is 1. The van der Waals surface area contributed by atoms with Crippen molar-refractivity contribution in [2.24, 2.45) is 0 Å². The van der Waals surface area contributed by atoms with Gasteiger partial charge in [-0.15, -0.1) is 0 Å². The average molecular weight is 258 g/mol. The van der Waals surface area contributed by atoms with Crippen molar-refractivity contribution in [3.05, 3.63) is 29.8 Å². The molecule has 0 saturated carbocycles. The zero-order valence-electron chi connectivity index (χ0n) is 11.2. The van der Waals surface area contributed by atoms with Gasteiger partial charge in [-0.1, -0.05) is 18.2 Å². The molecule has 2 saturated heterocycles. The smallest absolute Gasteiger partial charge is 0.0877 e. The molecular formula is C16H22N2O. The van der Waals surface area contributed by atoms with Crippen molar-refractivity contribution < 1.29 is 5.11 Å². The van der Waals surface area contributed by atoms with Crippen LogP contribution in [0, 0.1) is 0 Å². The first-order valence-electron chi connectivity index (χ1n) is 7.56. The fourth-order valence-electron chi connectivity index (χ4n) is 4.29. The van der Waals surface area contributed by atoms with Gasteiger partial charge < -0.3 is 15.7 Å². The number of nitrogens with one attached hydrogen (secondary N) is 2. The van der Waals surface area contributed by atoms with Crippen LogP contribution in [0.5, 0.6) is 0 Å². The van der Waals surface area contributed by atoms with Crippen molar-refractivity contribution in [2.75, 3.05) is 5.32 Å². The summed E-state index contributed by atoms with van der Waals surface area (Å²) >= 11 is 0. The topological polar surface area (TPSA) is 44.3 Å². The highest BCUT2D eigenvalue weighted by Crippen LogP contribution is 2.40. The van der Waals surface area contributed by atoms with Crippen LogP contribution < -0.4 is 10.6 Å². The maximum Gasteiger partial charge on any atom is 0.0877 e. The molecule has 102 valence electrons. The SMILES string of the molecule is OC1(C2CCc3ccccc3N2)CC2CCC(C1)N2. The molecule has 3 heteroatoms. The van der Waals surface area contributed by atoms with Gasteiger partial charge >= 0.3 is 0 Å². The summed E-state index contributed by atoms with van der Waals surface area (Å²) in [4.78, 5) is 0.